The Morgan fingerprint density at radius 1 is 0.786 bits per heavy atom. The minimum atomic E-state index is -0.917. The third kappa shape index (κ3) is 8.40. The maximum Gasteiger partial charge on any atom is 0.407 e. The van der Waals surface area contributed by atoms with Crippen molar-refractivity contribution in [2.24, 2.45) is 0 Å². The molecule has 218 valence electrons. The van der Waals surface area contributed by atoms with Crippen molar-refractivity contribution in [2.45, 2.75) is 37.2 Å². The highest BCUT2D eigenvalue weighted by molar-refractivity contribution is 5.67. The monoisotopic (exact) mass is 565 g/mol. The van der Waals surface area contributed by atoms with Gasteiger partial charge in [0.15, 0.2) is 0 Å². The minimum Gasteiger partial charge on any atom is -0.453 e. The van der Waals surface area contributed by atoms with Gasteiger partial charge in [0.1, 0.15) is 5.60 Å². The number of nitrogens with one attached hydrogen (secondary N) is 1. The van der Waals surface area contributed by atoms with E-state index in [2.05, 4.69) is 41.7 Å². The standard InChI is InChI=1S/C36H39NO5/c1-40-35(39)37-33(24-25-34(23-14-26-38)41-27-29-15-6-2-7-16-29)28-42-36(30-17-8-3-9-18-30,31-19-10-4-11-20-31)32-21-12-5-13-22-32/h2-23,33-34,38H,24-28H2,1H3,(H,37,39)/b23-14+/t33-,34+/m1/s1. The first kappa shape index (κ1) is 30.7. The Labute approximate surface area is 248 Å². The smallest absolute Gasteiger partial charge is 0.407 e. The molecule has 0 spiro atoms. The Morgan fingerprint density at radius 3 is 1.76 bits per heavy atom. The van der Waals surface area contributed by atoms with E-state index in [1.54, 1.807) is 6.08 Å². The van der Waals surface area contributed by atoms with Gasteiger partial charge >= 0.3 is 6.09 Å². The molecule has 2 atom stereocenters. The molecule has 42 heavy (non-hydrogen) atoms. The minimum absolute atomic E-state index is 0.0775. The molecule has 6 heteroatoms. The average molecular weight is 566 g/mol. The average Bonchev–Trinajstić information content (AvgIpc) is 3.06. The third-order valence-corrected chi connectivity index (χ3v) is 7.11. The number of aliphatic hydroxyl groups is 1. The number of hydrogen-bond acceptors (Lipinski definition) is 5. The summed E-state index contributed by atoms with van der Waals surface area (Å²) in [4.78, 5) is 12.4. The van der Waals surface area contributed by atoms with Crippen molar-refractivity contribution < 1.29 is 24.1 Å². The Morgan fingerprint density at radius 2 is 1.29 bits per heavy atom. The fourth-order valence-electron chi connectivity index (χ4n) is 5.01. The lowest BCUT2D eigenvalue weighted by Crippen LogP contribution is -2.43. The van der Waals surface area contributed by atoms with Crippen LogP contribution in [0.4, 0.5) is 4.79 Å². The van der Waals surface area contributed by atoms with Crippen LogP contribution in [0.2, 0.25) is 0 Å². The fraction of sp³-hybridized carbons (Fsp3) is 0.250. The fourth-order valence-corrected chi connectivity index (χ4v) is 5.01. The maximum atomic E-state index is 12.4. The highest BCUT2D eigenvalue weighted by Gasteiger charge is 2.38. The molecule has 0 radical (unpaired) electrons. The molecule has 1 amide bonds. The van der Waals surface area contributed by atoms with Gasteiger partial charge in [0.2, 0.25) is 0 Å². The maximum absolute atomic E-state index is 12.4. The number of ether oxygens (including phenoxy) is 3. The zero-order valence-electron chi connectivity index (χ0n) is 24.0. The molecule has 0 saturated heterocycles. The van der Waals surface area contributed by atoms with Gasteiger partial charge in [-0.2, -0.15) is 0 Å². The number of aliphatic hydroxyl groups excluding tert-OH is 1. The van der Waals surface area contributed by atoms with Gasteiger partial charge in [-0.1, -0.05) is 133 Å². The number of rotatable bonds is 15. The molecule has 0 heterocycles. The third-order valence-electron chi connectivity index (χ3n) is 7.11. The normalized spacial score (nSPS) is 13.0. The molecule has 0 aliphatic heterocycles. The van der Waals surface area contributed by atoms with Crippen molar-refractivity contribution in [3.63, 3.8) is 0 Å². The predicted molar refractivity (Wildman–Crippen MR) is 165 cm³/mol. The van der Waals surface area contributed by atoms with E-state index >= 15 is 0 Å². The summed E-state index contributed by atoms with van der Waals surface area (Å²) in [7, 11) is 1.35. The molecule has 0 aromatic heterocycles. The van der Waals surface area contributed by atoms with Crippen LogP contribution in [0.5, 0.6) is 0 Å². The van der Waals surface area contributed by atoms with Crippen molar-refractivity contribution in [1.29, 1.82) is 0 Å². The molecule has 6 nitrogen and oxygen atoms in total. The summed E-state index contributed by atoms with van der Waals surface area (Å²) in [6.45, 7) is 0.570. The summed E-state index contributed by atoms with van der Waals surface area (Å²) < 4.78 is 18.1. The molecular formula is C36H39NO5. The predicted octanol–water partition coefficient (Wildman–Crippen LogP) is 6.63. The second-order valence-corrected chi connectivity index (χ2v) is 9.95. The lowest BCUT2D eigenvalue weighted by atomic mass is 9.80. The summed E-state index contributed by atoms with van der Waals surface area (Å²) in [5.74, 6) is 0. The molecule has 4 aromatic rings. The zero-order chi connectivity index (χ0) is 29.5. The topological polar surface area (TPSA) is 77.0 Å². The Kier molecular flexibility index (Phi) is 11.9. The van der Waals surface area contributed by atoms with E-state index in [-0.39, 0.29) is 25.4 Å². The molecule has 0 aliphatic carbocycles. The summed E-state index contributed by atoms with van der Waals surface area (Å²) >= 11 is 0. The van der Waals surface area contributed by atoms with Gasteiger partial charge in [0.05, 0.1) is 39.1 Å². The molecule has 2 N–H and O–H groups in total. The molecule has 4 aromatic carbocycles. The first-order valence-electron chi connectivity index (χ1n) is 14.2. The second kappa shape index (κ2) is 16.3. The molecule has 0 aliphatic rings. The molecule has 0 unspecified atom stereocenters. The van der Waals surface area contributed by atoms with E-state index in [0.29, 0.717) is 19.4 Å². The zero-order valence-corrected chi connectivity index (χ0v) is 24.0. The lowest BCUT2D eigenvalue weighted by molar-refractivity contribution is -0.00430. The van der Waals surface area contributed by atoms with E-state index in [1.165, 1.54) is 7.11 Å². The van der Waals surface area contributed by atoms with E-state index < -0.39 is 11.7 Å². The van der Waals surface area contributed by atoms with Gasteiger partial charge in [0.25, 0.3) is 0 Å². The van der Waals surface area contributed by atoms with Crippen LogP contribution in [-0.4, -0.2) is 43.7 Å². The van der Waals surface area contributed by atoms with Crippen LogP contribution in [0.25, 0.3) is 0 Å². The Bertz CT molecular complexity index is 1250. The number of alkyl carbamates (subject to hydrolysis) is 1. The first-order chi connectivity index (χ1) is 20.7. The van der Waals surface area contributed by atoms with Crippen molar-refractivity contribution in [3.8, 4) is 0 Å². The second-order valence-electron chi connectivity index (χ2n) is 9.95. The summed E-state index contributed by atoms with van der Waals surface area (Å²) in [5, 5.41) is 12.4. The van der Waals surface area contributed by atoms with E-state index in [0.717, 1.165) is 22.3 Å². The largest absolute Gasteiger partial charge is 0.453 e. The number of hydrogen-bond donors (Lipinski definition) is 2. The summed E-state index contributed by atoms with van der Waals surface area (Å²) in [6.07, 6.45) is 3.90. The van der Waals surface area contributed by atoms with Crippen molar-refractivity contribution in [2.75, 3.05) is 20.3 Å². The van der Waals surface area contributed by atoms with Crippen LogP contribution in [-0.2, 0) is 26.4 Å². The molecule has 4 rings (SSSR count). The molecular weight excluding hydrogens is 526 g/mol. The van der Waals surface area contributed by atoms with Crippen molar-refractivity contribution >= 4 is 6.09 Å². The number of methoxy groups -OCH3 is 1. The van der Waals surface area contributed by atoms with Crippen molar-refractivity contribution in [3.05, 3.63) is 156 Å². The molecule has 0 fully saturated rings. The van der Waals surface area contributed by atoms with Crippen LogP contribution in [0.3, 0.4) is 0 Å². The molecule has 0 saturated carbocycles. The van der Waals surface area contributed by atoms with Gasteiger partial charge < -0.3 is 24.6 Å². The van der Waals surface area contributed by atoms with Crippen LogP contribution in [0.1, 0.15) is 35.1 Å². The van der Waals surface area contributed by atoms with E-state index in [9.17, 15) is 9.90 Å². The van der Waals surface area contributed by atoms with Gasteiger partial charge in [-0.05, 0) is 35.1 Å². The van der Waals surface area contributed by atoms with Crippen LogP contribution in [0, 0.1) is 0 Å². The van der Waals surface area contributed by atoms with Crippen LogP contribution < -0.4 is 5.32 Å². The summed E-state index contributed by atoms with van der Waals surface area (Å²) in [5.41, 5.74) is 3.09. The number of benzene rings is 4. The number of carbonyl (C=O) groups is 1. The summed E-state index contributed by atoms with van der Waals surface area (Å²) in [6, 6.07) is 40.0. The van der Waals surface area contributed by atoms with Crippen LogP contribution in [0.15, 0.2) is 133 Å². The highest BCUT2D eigenvalue weighted by Crippen LogP contribution is 2.40. The highest BCUT2D eigenvalue weighted by atomic mass is 16.5. The number of amides is 1. The van der Waals surface area contributed by atoms with Crippen molar-refractivity contribution in [1.82, 2.24) is 5.32 Å². The number of carbonyl (C=O) groups excluding carboxylic acids is 1. The lowest BCUT2D eigenvalue weighted by Gasteiger charge is -2.37. The van der Waals surface area contributed by atoms with Gasteiger partial charge in [0, 0.05) is 0 Å². The van der Waals surface area contributed by atoms with Gasteiger partial charge in [-0.25, -0.2) is 4.79 Å². The SMILES string of the molecule is COC(=O)N[C@H](CC[C@H](/C=C/CO)OCc1ccccc1)COC(c1ccccc1)(c1ccccc1)c1ccccc1. The van der Waals surface area contributed by atoms with E-state index in [1.807, 2.05) is 91.0 Å². The molecule has 0 bridgehead atoms. The van der Waals surface area contributed by atoms with Gasteiger partial charge in [-0.3, -0.25) is 0 Å². The Hall–Kier alpha value is -4.23. The van der Waals surface area contributed by atoms with Crippen LogP contribution >= 0.6 is 0 Å². The Balaban J connectivity index is 1.60. The quantitative estimate of drug-likeness (QED) is 0.125. The van der Waals surface area contributed by atoms with E-state index in [4.69, 9.17) is 14.2 Å². The first-order valence-corrected chi connectivity index (χ1v) is 14.2. The van der Waals surface area contributed by atoms with Gasteiger partial charge in [-0.15, -0.1) is 0 Å².